The second kappa shape index (κ2) is 9.15. The van der Waals surface area contributed by atoms with Crippen LogP contribution in [0.5, 0.6) is 0 Å². The third-order valence-electron chi connectivity index (χ3n) is 4.15. The van der Waals surface area contributed by atoms with Crippen molar-refractivity contribution in [2.45, 2.75) is 40.0 Å². The smallest absolute Gasteiger partial charge is 0.236 e. The first-order valence-corrected chi connectivity index (χ1v) is 8.07. The molecular weight excluding hydrogens is 311 g/mol. The Labute approximate surface area is 141 Å². The van der Waals surface area contributed by atoms with Gasteiger partial charge in [-0.3, -0.25) is 14.4 Å². The van der Waals surface area contributed by atoms with Crippen molar-refractivity contribution in [1.29, 1.82) is 0 Å². The van der Waals surface area contributed by atoms with Crippen molar-refractivity contribution < 1.29 is 18.8 Å². The molecule has 2 amide bonds. The van der Waals surface area contributed by atoms with Gasteiger partial charge in [0.15, 0.2) is 0 Å². The van der Waals surface area contributed by atoms with E-state index in [1.54, 1.807) is 19.1 Å². The molecule has 5 nitrogen and oxygen atoms in total. The first-order valence-electron chi connectivity index (χ1n) is 8.07. The lowest BCUT2D eigenvalue weighted by atomic mass is 9.85. The van der Waals surface area contributed by atoms with Gasteiger partial charge >= 0.3 is 0 Å². The van der Waals surface area contributed by atoms with Crippen LogP contribution in [0.2, 0.25) is 0 Å². The molecule has 0 unspecified atom stereocenters. The minimum Gasteiger partial charge on any atom is -0.368 e. The van der Waals surface area contributed by atoms with E-state index in [1.807, 2.05) is 13.8 Å². The molecule has 0 spiro atoms. The highest BCUT2D eigenvalue weighted by Gasteiger charge is 2.27. The minimum atomic E-state index is -0.640. The van der Waals surface area contributed by atoms with Gasteiger partial charge in [0.05, 0.1) is 6.54 Å². The number of aryl methyl sites for hydroxylation is 1. The molecule has 0 heterocycles. The third-order valence-corrected chi connectivity index (χ3v) is 4.15. The molecule has 0 saturated carbocycles. The van der Waals surface area contributed by atoms with Gasteiger partial charge in [0.25, 0.3) is 0 Å². The van der Waals surface area contributed by atoms with Crippen molar-refractivity contribution in [2.24, 2.45) is 17.6 Å². The number of rotatable bonds is 9. The summed E-state index contributed by atoms with van der Waals surface area (Å²) in [7, 11) is 0. The van der Waals surface area contributed by atoms with E-state index < -0.39 is 17.6 Å². The molecule has 1 aromatic carbocycles. The minimum absolute atomic E-state index is 0.00686. The maximum atomic E-state index is 13.9. The van der Waals surface area contributed by atoms with Gasteiger partial charge in [-0.15, -0.1) is 0 Å². The van der Waals surface area contributed by atoms with Gasteiger partial charge in [0.1, 0.15) is 11.6 Å². The summed E-state index contributed by atoms with van der Waals surface area (Å²) in [6.07, 6.45) is 0.663. The Bertz CT molecular complexity index is 616. The Balaban J connectivity index is 2.76. The molecule has 0 bridgehead atoms. The molecular formula is C18H25FN2O3. The number of amides is 2. The number of primary amides is 1. The fourth-order valence-corrected chi connectivity index (χ4v) is 2.47. The quantitative estimate of drug-likeness (QED) is 0.722. The molecule has 6 heteroatoms. The van der Waals surface area contributed by atoms with Gasteiger partial charge in [0, 0.05) is 18.8 Å². The number of carbonyl (C=O) groups excluding carboxylic acids is 3. The number of halogens is 1. The summed E-state index contributed by atoms with van der Waals surface area (Å²) in [6, 6.07) is 4.72. The third kappa shape index (κ3) is 6.10. The predicted molar refractivity (Wildman–Crippen MR) is 89.6 cm³/mol. The predicted octanol–water partition coefficient (Wildman–Crippen LogP) is 1.90. The van der Waals surface area contributed by atoms with Crippen LogP contribution in [0.3, 0.4) is 0 Å². The van der Waals surface area contributed by atoms with Crippen molar-refractivity contribution in [3.8, 4) is 0 Å². The highest BCUT2D eigenvalue weighted by molar-refractivity contribution is 5.90. The molecule has 0 aliphatic carbocycles. The Kier molecular flexibility index (Phi) is 7.55. The maximum Gasteiger partial charge on any atom is 0.236 e. The number of benzene rings is 1. The van der Waals surface area contributed by atoms with Crippen LogP contribution in [0, 0.1) is 24.6 Å². The number of nitrogens with two attached hydrogens (primary N) is 1. The zero-order valence-corrected chi connectivity index (χ0v) is 14.4. The molecule has 0 fully saturated rings. The van der Waals surface area contributed by atoms with Gasteiger partial charge < -0.3 is 11.1 Å². The summed E-state index contributed by atoms with van der Waals surface area (Å²) in [5.41, 5.74) is 6.13. The topological polar surface area (TPSA) is 89.3 Å². The number of hydrogen-bond acceptors (Lipinski definition) is 3. The van der Waals surface area contributed by atoms with Crippen LogP contribution >= 0.6 is 0 Å². The number of hydrogen-bond donors (Lipinski definition) is 2. The molecule has 2 atom stereocenters. The number of nitrogens with one attached hydrogen (secondary N) is 1. The van der Waals surface area contributed by atoms with Crippen LogP contribution in [-0.4, -0.2) is 24.1 Å². The van der Waals surface area contributed by atoms with E-state index in [2.05, 4.69) is 5.32 Å². The maximum absolute atomic E-state index is 13.9. The fraction of sp³-hybridized carbons (Fsp3) is 0.500. The zero-order valence-electron chi connectivity index (χ0n) is 14.4. The van der Waals surface area contributed by atoms with Crippen LogP contribution in [0.1, 0.15) is 37.8 Å². The van der Waals surface area contributed by atoms with Crippen molar-refractivity contribution in [3.63, 3.8) is 0 Å². The summed E-state index contributed by atoms with van der Waals surface area (Å²) in [6.45, 7) is 5.31. The Hall–Kier alpha value is -2.24. The van der Waals surface area contributed by atoms with Gasteiger partial charge in [-0.2, -0.15) is 0 Å². The summed E-state index contributed by atoms with van der Waals surface area (Å²) in [5.74, 6) is -2.24. The number of ketones is 1. The lowest BCUT2D eigenvalue weighted by Crippen LogP contribution is -2.40. The molecule has 0 aliphatic heterocycles. The molecule has 1 rings (SSSR count). The van der Waals surface area contributed by atoms with Gasteiger partial charge in [-0.05, 0) is 30.0 Å². The van der Waals surface area contributed by atoms with Gasteiger partial charge in [-0.25, -0.2) is 4.39 Å². The second-order valence-corrected chi connectivity index (χ2v) is 6.19. The molecule has 0 saturated heterocycles. The van der Waals surface area contributed by atoms with E-state index >= 15 is 0 Å². The molecule has 132 valence electrons. The lowest BCUT2D eigenvalue weighted by Gasteiger charge is -2.21. The van der Waals surface area contributed by atoms with E-state index in [4.69, 9.17) is 5.73 Å². The monoisotopic (exact) mass is 336 g/mol. The normalized spacial score (nSPS) is 13.2. The average molecular weight is 336 g/mol. The summed E-state index contributed by atoms with van der Waals surface area (Å²) >= 11 is 0. The van der Waals surface area contributed by atoms with Crippen LogP contribution in [0.4, 0.5) is 4.39 Å². The first-order chi connectivity index (χ1) is 11.2. The van der Waals surface area contributed by atoms with Crippen LogP contribution < -0.4 is 11.1 Å². The fourth-order valence-electron chi connectivity index (χ4n) is 2.47. The van der Waals surface area contributed by atoms with Crippen molar-refractivity contribution in [1.82, 2.24) is 5.32 Å². The standard InChI is InChI=1S/C18H25FN2O3/c1-4-12(3)15(18(24)21-10-17(20)23)9-14(22)8-13-6-5-11(2)7-16(13)19/h5-7,12,15H,4,8-10H2,1-3H3,(H2,20,23)(H,21,24)/t12-,15-/m0/s1. The summed E-state index contributed by atoms with van der Waals surface area (Å²) in [5, 5.41) is 2.45. The van der Waals surface area contributed by atoms with Crippen molar-refractivity contribution in [3.05, 3.63) is 35.1 Å². The lowest BCUT2D eigenvalue weighted by molar-refractivity contribution is -0.132. The molecule has 0 radical (unpaired) electrons. The highest BCUT2D eigenvalue weighted by Crippen LogP contribution is 2.21. The van der Waals surface area contributed by atoms with E-state index in [0.29, 0.717) is 12.0 Å². The van der Waals surface area contributed by atoms with Gasteiger partial charge in [-0.1, -0.05) is 32.4 Å². The van der Waals surface area contributed by atoms with E-state index in [1.165, 1.54) is 6.07 Å². The Morgan fingerprint density at radius 3 is 2.50 bits per heavy atom. The van der Waals surface area contributed by atoms with Crippen molar-refractivity contribution in [2.75, 3.05) is 6.54 Å². The van der Waals surface area contributed by atoms with Crippen LogP contribution in [0.15, 0.2) is 18.2 Å². The molecule has 24 heavy (non-hydrogen) atoms. The van der Waals surface area contributed by atoms with Crippen LogP contribution in [-0.2, 0) is 20.8 Å². The van der Waals surface area contributed by atoms with E-state index in [9.17, 15) is 18.8 Å². The molecule has 3 N–H and O–H groups in total. The van der Waals surface area contributed by atoms with E-state index in [-0.39, 0.29) is 37.0 Å². The summed E-state index contributed by atoms with van der Waals surface area (Å²) < 4.78 is 13.9. The molecule has 1 aromatic rings. The Morgan fingerprint density at radius 2 is 1.96 bits per heavy atom. The molecule has 0 aromatic heterocycles. The summed E-state index contributed by atoms with van der Waals surface area (Å²) in [4.78, 5) is 35.3. The van der Waals surface area contributed by atoms with E-state index in [0.717, 1.165) is 5.56 Å². The first kappa shape index (κ1) is 19.8. The van der Waals surface area contributed by atoms with Crippen molar-refractivity contribution >= 4 is 17.6 Å². The zero-order chi connectivity index (χ0) is 18.3. The van der Waals surface area contributed by atoms with Gasteiger partial charge in [0.2, 0.25) is 11.8 Å². The molecule has 0 aliphatic rings. The number of Topliss-reactive ketones (excluding diaryl/α,β-unsaturated/α-hetero) is 1. The SMILES string of the molecule is CC[C@H](C)[C@H](CC(=O)Cc1ccc(C)cc1F)C(=O)NCC(N)=O. The second-order valence-electron chi connectivity index (χ2n) is 6.19. The Morgan fingerprint density at radius 1 is 1.29 bits per heavy atom. The average Bonchev–Trinajstić information content (AvgIpc) is 2.52. The number of carbonyl (C=O) groups is 3. The highest BCUT2D eigenvalue weighted by atomic mass is 19.1. The largest absolute Gasteiger partial charge is 0.368 e. The van der Waals surface area contributed by atoms with Crippen LogP contribution in [0.25, 0.3) is 0 Å².